The summed E-state index contributed by atoms with van der Waals surface area (Å²) in [4.78, 5) is 32.2. The van der Waals surface area contributed by atoms with Crippen LogP contribution in [0.3, 0.4) is 0 Å². The normalized spacial score (nSPS) is 12.1. The average Bonchev–Trinajstić information content (AvgIpc) is 3.32. The van der Waals surface area contributed by atoms with Gasteiger partial charge in [0.1, 0.15) is 11.6 Å². The summed E-state index contributed by atoms with van der Waals surface area (Å²) in [5.41, 5.74) is 1.23. The zero-order valence-corrected chi connectivity index (χ0v) is 18.5. The minimum Gasteiger partial charge on any atom is -0.467 e. The van der Waals surface area contributed by atoms with Crippen molar-refractivity contribution >= 4 is 28.6 Å². The van der Waals surface area contributed by atoms with Crippen molar-refractivity contribution in [1.82, 2.24) is 14.5 Å². The molecule has 2 aromatic carbocycles. The Labute approximate surface area is 188 Å². The number of thioether (sulfide) groups is 1. The number of carbonyl (C=O) groups is 1. The Balaban J connectivity index is 1.57. The van der Waals surface area contributed by atoms with E-state index in [1.54, 1.807) is 60.7 Å². The first kappa shape index (κ1) is 21.8. The molecular formula is C24H22FN3O3S. The van der Waals surface area contributed by atoms with Gasteiger partial charge < -0.3 is 9.32 Å². The number of benzene rings is 2. The quantitative estimate of drug-likeness (QED) is 0.306. The smallest absolute Gasteiger partial charge is 0.262 e. The summed E-state index contributed by atoms with van der Waals surface area (Å²) >= 11 is 1.21. The van der Waals surface area contributed by atoms with Gasteiger partial charge in [0.15, 0.2) is 5.16 Å². The Bertz CT molecular complexity index is 1290. The van der Waals surface area contributed by atoms with Gasteiger partial charge in [-0.1, -0.05) is 36.0 Å². The third-order valence-corrected chi connectivity index (χ3v) is 6.33. The van der Waals surface area contributed by atoms with Crippen LogP contribution in [0.5, 0.6) is 0 Å². The molecule has 32 heavy (non-hydrogen) atoms. The van der Waals surface area contributed by atoms with Gasteiger partial charge in [0.05, 0.1) is 35.5 Å². The van der Waals surface area contributed by atoms with E-state index in [1.807, 2.05) is 13.0 Å². The molecule has 6 nitrogen and oxygen atoms in total. The number of carbonyl (C=O) groups excluding carboxylic acids is 1. The minimum absolute atomic E-state index is 0.102. The maximum absolute atomic E-state index is 13.2. The molecule has 1 unspecified atom stereocenters. The molecule has 0 saturated heterocycles. The molecule has 0 aliphatic heterocycles. The number of hydrogen-bond acceptors (Lipinski definition) is 5. The highest BCUT2D eigenvalue weighted by molar-refractivity contribution is 7.99. The van der Waals surface area contributed by atoms with Gasteiger partial charge in [0.2, 0.25) is 5.91 Å². The van der Waals surface area contributed by atoms with Crippen molar-refractivity contribution in [3.05, 3.63) is 94.4 Å². The predicted molar refractivity (Wildman–Crippen MR) is 122 cm³/mol. The molecule has 0 aliphatic rings. The van der Waals surface area contributed by atoms with Gasteiger partial charge in [-0.15, -0.1) is 0 Å². The third-order valence-electron chi connectivity index (χ3n) is 5.37. The lowest BCUT2D eigenvalue weighted by Gasteiger charge is -2.25. The molecule has 0 spiro atoms. The average molecular weight is 452 g/mol. The molecular weight excluding hydrogens is 429 g/mol. The van der Waals surface area contributed by atoms with Crippen LogP contribution in [0.2, 0.25) is 0 Å². The number of fused-ring (bicyclic) bond motifs is 1. The third kappa shape index (κ3) is 4.60. The van der Waals surface area contributed by atoms with Crippen LogP contribution in [0.1, 0.15) is 24.3 Å². The molecule has 0 aliphatic carbocycles. The van der Waals surface area contributed by atoms with E-state index < -0.39 is 0 Å². The fraction of sp³-hybridized carbons (Fsp3) is 0.208. The van der Waals surface area contributed by atoms with Crippen LogP contribution in [0.15, 0.2) is 81.3 Å². The first-order valence-corrected chi connectivity index (χ1v) is 11.1. The Morgan fingerprint density at radius 3 is 2.62 bits per heavy atom. The Morgan fingerprint density at radius 1 is 1.16 bits per heavy atom. The number of furan rings is 1. The standard InChI is InChI=1S/C24H22FN3O3S/c1-16(17-9-11-18(25)12-10-17)27(2)22(29)15-32-24-26-21-8-4-3-7-20(21)23(30)28(24)14-19-6-5-13-31-19/h3-13,16H,14-15H2,1-2H3. The van der Waals surface area contributed by atoms with E-state index in [0.29, 0.717) is 21.8 Å². The zero-order chi connectivity index (χ0) is 22.7. The number of para-hydroxylation sites is 1. The second-order valence-electron chi connectivity index (χ2n) is 7.40. The maximum atomic E-state index is 13.2. The fourth-order valence-electron chi connectivity index (χ4n) is 3.36. The predicted octanol–water partition coefficient (Wildman–Crippen LogP) is 4.49. The van der Waals surface area contributed by atoms with Crippen LogP contribution in [-0.2, 0) is 11.3 Å². The second kappa shape index (κ2) is 9.40. The van der Waals surface area contributed by atoms with Crippen LogP contribution < -0.4 is 5.56 Å². The second-order valence-corrected chi connectivity index (χ2v) is 8.35. The fourth-order valence-corrected chi connectivity index (χ4v) is 4.29. The van der Waals surface area contributed by atoms with Crippen molar-refractivity contribution in [3.8, 4) is 0 Å². The van der Waals surface area contributed by atoms with Gasteiger partial charge >= 0.3 is 0 Å². The van der Waals surface area contributed by atoms with Crippen molar-refractivity contribution in [2.24, 2.45) is 0 Å². The van der Waals surface area contributed by atoms with Gasteiger partial charge in [0.25, 0.3) is 5.56 Å². The van der Waals surface area contributed by atoms with Gasteiger partial charge in [-0.2, -0.15) is 0 Å². The van der Waals surface area contributed by atoms with Crippen molar-refractivity contribution in [2.45, 2.75) is 24.7 Å². The summed E-state index contributed by atoms with van der Waals surface area (Å²) in [6, 6.07) is 16.6. The first-order valence-electron chi connectivity index (χ1n) is 10.1. The van der Waals surface area contributed by atoms with E-state index >= 15 is 0 Å². The molecule has 4 rings (SSSR count). The number of rotatable bonds is 7. The number of halogens is 1. The maximum Gasteiger partial charge on any atom is 0.262 e. The lowest BCUT2D eigenvalue weighted by molar-refractivity contribution is -0.128. The summed E-state index contributed by atoms with van der Waals surface area (Å²) in [6.07, 6.45) is 1.55. The van der Waals surface area contributed by atoms with Crippen LogP contribution in [0, 0.1) is 5.82 Å². The molecule has 2 heterocycles. The van der Waals surface area contributed by atoms with Crippen LogP contribution >= 0.6 is 11.8 Å². The van der Waals surface area contributed by atoms with E-state index in [-0.39, 0.29) is 35.6 Å². The summed E-state index contributed by atoms with van der Waals surface area (Å²) in [5, 5.41) is 0.957. The van der Waals surface area contributed by atoms with E-state index in [0.717, 1.165) is 5.56 Å². The minimum atomic E-state index is -0.317. The summed E-state index contributed by atoms with van der Waals surface area (Å²) in [5.74, 6) is 0.283. The molecule has 4 aromatic rings. The zero-order valence-electron chi connectivity index (χ0n) is 17.7. The van der Waals surface area contributed by atoms with Crippen molar-refractivity contribution in [1.29, 1.82) is 0 Å². The van der Waals surface area contributed by atoms with Crippen LogP contribution in [-0.4, -0.2) is 33.2 Å². The molecule has 0 fully saturated rings. The molecule has 0 bridgehead atoms. The van der Waals surface area contributed by atoms with E-state index in [2.05, 4.69) is 4.98 Å². The van der Waals surface area contributed by atoms with Crippen LogP contribution in [0.25, 0.3) is 10.9 Å². The van der Waals surface area contributed by atoms with Gasteiger partial charge in [-0.25, -0.2) is 9.37 Å². The highest BCUT2D eigenvalue weighted by Gasteiger charge is 2.20. The highest BCUT2D eigenvalue weighted by atomic mass is 32.2. The van der Waals surface area contributed by atoms with Crippen LogP contribution in [0.4, 0.5) is 4.39 Å². The molecule has 0 saturated carbocycles. The Hall–Kier alpha value is -3.39. The van der Waals surface area contributed by atoms with E-state index in [1.165, 1.54) is 28.5 Å². The molecule has 0 radical (unpaired) electrons. The molecule has 0 N–H and O–H groups in total. The van der Waals surface area contributed by atoms with Gasteiger partial charge in [0, 0.05) is 7.05 Å². The lowest BCUT2D eigenvalue weighted by atomic mass is 10.1. The molecule has 1 amide bonds. The Kier molecular flexibility index (Phi) is 6.41. The molecule has 8 heteroatoms. The topological polar surface area (TPSA) is 68.3 Å². The summed E-state index contributed by atoms with van der Waals surface area (Å²) in [7, 11) is 1.71. The number of amides is 1. The van der Waals surface area contributed by atoms with E-state index in [9.17, 15) is 14.0 Å². The lowest BCUT2D eigenvalue weighted by Crippen LogP contribution is -2.31. The SMILES string of the molecule is CC(c1ccc(F)cc1)N(C)C(=O)CSc1nc2ccccc2c(=O)n1Cc1ccco1. The van der Waals surface area contributed by atoms with Crippen molar-refractivity contribution < 1.29 is 13.6 Å². The monoisotopic (exact) mass is 451 g/mol. The highest BCUT2D eigenvalue weighted by Crippen LogP contribution is 2.23. The summed E-state index contributed by atoms with van der Waals surface area (Å²) < 4.78 is 20.2. The van der Waals surface area contributed by atoms with Crippen molar-refractivity contribution in [3.63, 3.8) is 0 Å². The molecule has 1 atom stereocenters. The van der Waals surface area contributed by atoms with Gasteiger partial charge in [-0.3, -0.25) is 14.2 Å². The molecule has 164 valence electrons. The summed E-state index contributed by atoms with van der Waals surface area (Å²) in [6.45, 7) is 2.11. The number of hydrogen-bond donors (Lipinski definition) is 0. The number of nitrogens with zero attached hydrogens (tertiary/aromatic N) is 3. The first-order chi connectivity index (χ1) is 15.4. The Morgan fingerprint density at radius 2 is 1.91 bits per heavy atom. The largest absolute Gasteiger partial charge is 0.467 e. The van der Waals surface area contributed by atoms with Gasteiger partial charge in [-0.05, 0) is 48.9 Å². The van der Waals surface area contributed by atoms with Crippen molar-refractivity contribution in [2.75, 3.05) is 12.8 Å². The molecule has 2 aromatic heterocycles. The number of aromatic nitrogens is 2. The van der Waals surface area contributed by atoms with E-state index in [4.69, 9.17) is 4.42 Å².